The Kier molecular flexibility index (Phi) is 24.3. The van der Waals surface area contributed by atoms with Gasteiger partial charge in [-0.2, -0.15) is 0 Å². The van der Waals surface area contributed by atoms with Gasteiger partial charge in [-0.05, 0) is 0 Å². The Morgan fingerprint density at radius 3 is 2.29 bits per heavy atom. The highest BCUT2D eigenvalue weighted by molar-refractivity contribution is 6.04. The largest absolute Gasteiger partial charge is 0.295 e. The summed E-state index contributed by atoms with van der Waals surface area (Å²) in [5.41, 5.74) is 0. The molecule has 0 spiro atoms. The van der Waals surface area contributed by atoms with E-state index < -0.39 is 0 Å². The van der Waals surface area contributed by atoms with Crippen LogP contribution in [0.5, 0.6) is 0 Å². The maximum atomic E-state index is 6.47. The number of nitrogens with two attached hydrogens (primary N) is 1. The number of hydrogen-bond donors (Lipinski definition) is 2. The molecule has 0 aromatic carbocycles. The minimum Gasteiger partial charge on any atom is -0.295 e. The van der Waals surface area contributed by atoms with Gasteiger partial charge in [0.05, 0.1) is 11.9 Å². The SMILES string of the molecule is C#CCON.OCl. The number of rotatable bonds is 1. The first-order chi connectivity index (χ1) is 3.41. The van der Waals surface area contributed by atoms with Crippen molar-refractivity contribution in [2.45, 2.75) is 0 Å². The van der Waals surface area contributed by atoms with E-state index in [9.17, 15) is 0 Å². The molecule has 0 aromatic heterocycles. The van der Waals surface area contributed by atoms with Gasteiger partial charge in [-0.3, -0.25) is 9.50 Å². The summed E-state index contributed by atoms with van der Waals surface area (Å²) in [6.07, 6.45) is 4.68. The Hall–Kier alpha value is -0.270. The third kappa shape index (κ3) is 26.6. The molecular weight excluding hydrogens is 117 g/mol. The highest BCUT2D eigenvalue weighted by atomic mass is 35.5. The third-order valence-corrected chi connectivity index (χ3v) is 0.167. The van der Waals surface area contributed by atoms with Crippen molar-refractivity contribution in [3.63, 3.8) is 0 Å². The molecule has 0 radical (unpaired) electrons. The number of halogens is 1. The molecule has 0 aromatic rings. The van der Waals surface area contributed by atoms with Gasteiger partial charge in [-0.15, -0.1) is 6.42 Å². The average molecular weight is 124 g/mol. The van der Waals surface area contributed by atoms with E-state index in [1.807, 2.05) is 0 Å². The Bertz CT molecular complexity index is 51.4. The zero-order valence-corrected chi connectivity index (χ0v) is 4.35. The molecule has 0 atom stereocenters. The van der Waals surface area contributed by atoms with Crippen molar-refractivity contribution in [2.24, 2.45) is 5.90 Å². The smallest absolute Gasteiger partial charge is 0.128 e. The maximum Gasteiger partial charge on any atom is 0.128 e. The molecule has 0 aliphatic rings. The summed E-state index contributed by atoms with van der Waals surface area (Å²) >= 11 is 3.64. The molecule has 0 heterocycles. The van der Waals surface area contributed by atoms with Gasteiger partial charge >= 0.3 is 0 Å². The van der Waals surface area contributed by atoms with Crippen molar-refractivity contribution in [1.29, 1.82) is 0 Å². The van der Waals surface area contributed by atoms with E-state index in [2.05, 4.69) is 34.9 Å². The van der Waals surface area contributed by atoms with Crippen LogP contribution in [0.4, 0.5) is 0 Å². The van der Waals surface area contributed by atoms with Gasteiger partial charge in [0.15, 0.2) is 0 Å². The van der Waals surface area contributed by atoms with Crippen molar-refractivity contribution in [2.75, 3.05) is 6.61 Å². The molecule has 3 nitrogen and oxygen atoms in total. The van der Waals surface area contributed by atoms with Gasteiger partial charge in [-0.1, -0.05) is 5.92 Å². The summed E-state index contributed by atoms with van der Waals surface area (Å²) in [5.74, 6) is 6.67. The van der Waals surface area contributed by atoms with E-state index in [0.29, 0.717) is 0 Å². The van der Waals surface area contributed by atoms with E-state index in [4.69, 9.17) is 4.66 Å². The minimum atomic E-state index is 0.194. The lowest BCUT2D eigenvalue weighted by Crippen LogP contribution is -1.96. The fourth-order valence-electron chi connectivity index (χ4n) is 0.0481. The molecule has 0 aliphatic carbocycles. The first-order valence-electron chi connectivity index (χ1n) is 1.34. The monoisotopic (exact) mass is 123 g/mol. The zero-order chi connectivity index (χ0) is 6.12. The van der Waals surface area contributed by atoms with Crippen LogP contribution in [0, 0.1) is 12.3 Å². The van der Waals surface area contributed by atoms with Crippen molar-refractivity contribution in [3.05, 3.63) is 0 Å². The molecule has 0 bridgehead atoms. The van der Waals surface area contributed by atoms with E-state index in [-0.39, 0.29) is 6.61 Å². The molecule has 0 aliphatic heterocycles. The maximum absolute atomic E-state index is 6.47. The standard InChI is InChI=1S/C3H5NO.ClHO/c1-2-3-5-4;1-2/h1H,3-4H2;2H. The molecule has 7 heavy (non-hydrogen) atoms. The lowest BCUT2D eigenvalue weighted by atomic mass is 10.8. The summed E-state index contributed by atoms with van der Waals surface area (Å²) < 4.78 is 6.47. The van der Waals surface area contributed by atoms with Gasteiger partial charge in [0.1, 0.15) is 6.61 Å². The molecule has 3 N–H and O–H groups in total. The predicted molar refractivity (Wildman–Crippen MR) is 27.0 cm³/mol. The van der Waals surface area contributed by atoms with Crippen molar-refractivity contribution < 1.29 is 9.50 Å². The Morgan fingerprint density at radius 2 is 2.29 bits per heavy atom. The van der Waals surface area contributed by atoms with Crippen molar-refractivity contribution >= 4 is 11.9 Å². The summed E-state index contributed by atoms with van der Waals surface area (Å²) in [7, 11) is 0. The van der Waals surface area contributed by atoms with Gasteiger partial charge in [-0.25, -0.2) is 5.90 Å². The molecule has 0 amide bonds. The van der Waals surface area contributed by atoms with E-state index >= 15 is 0 Å². The van der Waals surface area contributed by atoms with Crippen molar-refractivity contribution in [1.82, 2.24) is 0 Å². The summed E-state index contributed by atoms with van der Waals surface area (Å²) in [6, 6.07) is 0. The Morgan fingerprint density at radius 1 is 1.86 bits per heavy atom. The van der Waals surface area contributed by atoms with Gasteiger partial charge in [0, 0.05) is 0 Å². The highest BCUT2D eigenvalue weighted by Gasteiger charge is 1.58. The number of terminal acetylenes is 1. The topological polar surface area (TPSA) is 55.5 Å². The molecule has 0 fully saturated rings. The summed E-state index contributed by atoms with van der Waals surface area (Å²) in [5, 5.41) is 0. The second-order valence-corrected chi connectivity index (χ2v) is 0.515. The molecule has 0 rings (SSSR count). The van der Waals surface area contributed by atoms with Crippen LogP contribution in [-0.2, 0) is 4.84 Å². The summed E-state index contributed by atoms with van der Waals surface area (Å²) in [4.78, 5) is 3.95. The van der Waals surface area contributed by atoms with E-state index in [1.165, 1.54) is 0 Å². The van der Waals surface area contributed by atoms with Gasteiger partial charge in [0.25, 0.3) is 0 Å². The van der Waals surface area contributed by atoms with Crippen molar-refractivity contribution in [3.8, 4) is 12.3 Å². The Labute approximate surface area is 47.2 Å². The second-order valence-electron chi connectivity index (χ2n) is 0.515. The van der Waals surface area contributed by atoms with Crippen LogP contribution in [0.1, 0.15) is 0 Å². The van der Waals surface area contributed by atoms with Gasteiger partial charge in [0.2, 0.25) is 0 Å². The minimum absolute atomic E-state index is 0.194. The third-order valence-electron chi connectivity index (χ3n) is 0.167. The van der Waals surface area contributed by atoms with Crippen LogP contribution in [0.2, 0.25) is 0 Å². The zero-order valence-electron chi connectivity index (χ0n) is 3.60. The van der Waals surface area contributed by atoms with Crippen LogP contribution in [0.25, 0.3) is 0 Å². The highest BCUT2D eigenvalue weighted by Crippen LogP contribution is 1.48. The molecule has 42 valence electrons. The fourth-order valence-corrected chi connectivity index (χ4v) is 0.0481. The number of hydrogen-bond acceptors (Lipinski definition) is 3. The van der Waals surface area contributed by atoms with Crippen LogP contribution < -0.4 is 5.90 Å². The summed E-state index contributed by atoms with van der Waals surface area (Å²) in [6.45, 7) is 0.194. The lowest BCUT2D eigenvalue weighted by Gasteiger charge is -1.76. The van der Waals surface area contributed by atoms with Crippen LogP contribution >= 0.6 is 11.9 Å². The fraction of sp³-hybridized carbons (Fsp3) is 0.333. The average Bonchev–Trinajstić information content (AvgIpc) is 1.75. The second kappa shape index (κ2) is 17.2. The van der Waals surface area contributed by atoms with Gasteiger partial charge < -0.3 is 0 Å². The first kappa shape index (κ1) is 9.88. The molecular formula is C3H6ClNO2. The molecule has 0 saturated heterocycles. The quantitative estimate of drug-likeness (QED) is 0.370. The molecule has 0 saturated carbocycles. The normalized spacial score (nSPS) is 5.43. The van der Waals surface area contributed by atoms with E-state index in [1.54, 1.807) is 0 Å². The van der Waals surface area contributed by atoms with Crippen LogP contribution in [0.3, 0.4) is 0 Å². The van der Waals surface area contributed by atoms with Crippen LogP contribution in [-0.4, -0.2) is 11.3 Å². The lowest BCUT2D eigenvalue weighted by molar-refractivity contribution is 0.173. The molecule has 4 heteroatoms. The Balaban J connectivity index is 0. The van der Waals surface area contributed by atoms with Crippen LogP contribution in [0.15, 0.2) is 0 Å². The predicted octanol–water partition coefficient (Wildman–Crippen LogP) is -0.358. The molecule has 0 unspecified atom stereocenters. The van der Waals surface area contributed by atoms with E-state index in [0.717, 1.165) is 0 Å². The first-order valence-corrected chi connectivity index (χ1v) is 1.67.